The van der Waals surface area contributed by atoms with Gasteiger partial charge in [0.05, 0.1) is 0 Å². The average molecular weight is 337 g/mol. The molecular formula is C17H18ClFN2S. The molecule has 0 atom stereocenters. The summed E-state index contributed by atoms with van der Waals surface area (Å²) in [5, 5.41) is 7.16. The standard InChI is InChI=1S/C17H18ClFN2S/c1-10-6-12(3)16(7-11(10)2)21-17(22)20-9-13-4-5-14(19)8-15(13)18/h4-8H,9H2,1-3H3,(H2,20,21,22). The van der Waals surface area contributed by atoms with E-state index in [0.717, 1.165) is 16.8 Å². The van der Waals surface area contributed by atoms with Crippen LogP contribution < -0.4 is 10.6 Å². The summed E-state index contributed by atoms with van der Waals surface area (Å²) in [6, 6.07) is 8.52. The first-order chi connectivity index (χ1) is 10.4. The van der Waals surface area contributed by atoms with Gasteiger partial charge in [0.25, 0.3) is 0 Å². The van der Waals surface area contributed by atoms with Gasteiger partial charge >= 0.3 is 0 Å². The van der Waals surface area contributed by atoms with Crippen molar-refractivity contribution in [3.8, 4) is 0 Å². The van der Waals surface area contributed by atoms with E-state index in [1.807, 2.05) is 6.92 Å². The molecule has 2 aromatic carbocycles. The number of hydrogen-bond acceptors (Lipinski definition) is 1. The van der Waals surface area contributed by atoms with Crippen LogP contribution >= 0.6 is 23.8 Å². The molecule has 0 saturated heterocycles. The Morgan fingerprint density at radius 3 is 2.45 bits per heavy atom. The molecule has 0 aliphatic rings. The van der Waals surface area contributed by atoms with Crippen molar-refractivity contribution in [1.82, 2.24) is 5.32 Å². The zero-order valence-corrected chi connectivity index (χ0v) is 14.3. The second-order valence-electron chi connectivity index (χ2n) is 5.29. The molecule has 0 heterocycles. The summed E-state index contributed by atoms with van der Waals surface area (Å²) in [4.78, 5) is 0. The zero-order valence-electron chi connectivity index (χ0n) is 12.8. The normalized spacial score (nSPS) is 10.4. The maximum Gasteiger partial charge on any atom is 0.171 e. The Morgan fingerprint density at radius 1 is 1.09 bits per heavy atom. The van der Waals surface area contributed by atoms with Crippen LogP contribution in [0.1, 0.15) is 22.3 Å². The van der Waals surface area contributed by atoms with Crippen molar-refractivity contribution in [2.24, 2.45) is 0 Å². The van der Waals surface area contributed by atoms with Gasteiger partial charge in [0.1, 0.15) is 5.82 Å². The molecule has 22 heavy (non-hydrogen) atoms. The number of nitrogens with one attached hydrogen (secondary N) is 2. The number of aryl methyl sites for hydroxylation is 3. The third-order valence-corrected chi connectivity index (χ3v) is 4.14. The van der Waals surface area contributed by atoms with Crippen molar-refractivity contribution < 1.29 is 4.39 Å². The number of thiocarbonyl (C=S) groups is 1. The first kappa shape index (κ1) is 16.7. The number of anilines is 1. The maximum absolute atomic E-state index is 13.0. The summed E-state index contributed by atoms with van der Waals surface area (Å²) >= 11 is 11.3. The van der Waals surface area contributed by atoms with Crippen LogP contribution in [0, 0.1) is 26.6 Å². The summed E-state index contributed by atoms with van der Waals surface area (Å²) in [5.74, 6) is -0.347. The highest BCUT2D eigenvalue weighted by Crippen LogP contribution is 2.20. The van der Waals surface area contributed by atoms with Gasteiger partial charge in [0.15, 0.2) is 5.11 Å². The largest absolute Gasteiger partial charge is 0.358 e. The molecule has 5 heteroatoms. The van der Waals surface area contributed by atoms with Gasteiger partial charge in [-0.2, -0.15) is 0 Å². The van der Waals surface area contributed by atoms with Crippen LogP contribution in [0.15, 0.2) is 30.3 Å². The molecule has 0 unspecified atom stereocenters. The Morgan fingerprint density at radius 2 is 1.77 bits per heavy atom. The molecule has 0 radical (unpaired) electrons. The van der Waals surface area contributed by atoms with E-state index < -0.39 is 0 Å². The van der Waals surface area contributed by atoms with Crippen LogP contribution in [-0.4, -0.2) is 5.11 Å². The summed E-state index contributed by atoms with van der Waals surface area (Å²) in [5.41, 5.74) is 5.36. The summed E-state index contributed by atoms with van der Waals surface area (Å²) in [6.07, 6.45) is 0. The Kier molecular flexibility index (Phi) is 5.37. The van der Waals surface area contributed by atoms with Crippen LogP contribution in [0.3, 0.4) is 0 Å². The number of halogens is 2. The van der Waals surface area contributed by atoms with Gasteiger partial charge in [-0.25, -0.2) is 4.39 Å². The molecule has 116 valence electrons. The summed E-state index contributed by atoms with van der Waals surface area (Å²) in [6.45, 7) is 6.62. The van der Waals surface area contributed by atoms with Gasteiger partial charge in [-0.05, 0) is 73.4 Å². The lowest BCUT2D eigenvalue weighted by Crippen LogP contribution is -2.28. The third-order valence-electron chi connectivity index (χ3n) is 3.54. The van der Waals surface area contributed by atoms with Crippen LogP contribution in [-0.2, 0) is 6.54 Å². The molecule has 0 bridgehead atoms. The lowest BCUT2D eigenvalue weighted by molar-refractivity contribution is 0.627. The van der Waals surface area contributed by atoms with Crippen molar-refractivity contribution in [3.63, 3.8) is 0 Å². The molecule has 0 aliphatic heterocycles. The van der Waals surface area contributed by atoms with Gasteiger partial charge in [0.2, 0.25) is 0 Å². The minimum absolute atomic E-state index is 0.347. The molecule has 2 N–H and O–H groups in total. The molecule has 2 aromatic rings. The van der Waals surface area contributed by atoms with E-state index in [2.05, 4.69) is 36.6 Å². The number of hydrogen-bond donors (Lipinski definition) is 2. The smallest absolute Gasteiger partial charge is 0.171 e. The molecule has 0 aromatic heterocycles. The highest BCUT2D eigenvalue weighted by atomic mass is 35.5. The predicted octanol–water partition coefficient (Wildman–Crippen LogP) is 4.89. The fourth-order valence-electron chi connectivity index (χ4n) is 2.10. The lowest BCUT2D eigenvalue weighted by atomic mass is 10.1. The van der Waals surface area contributed by atoms with Crippen LogP contribution in [0.5, 0.6) is 0 Å². The Labute approximate surface area is 140 Å². The van der Waals surface area contributed by atoms with Crippen molar-refractivity contribution in [1.29, 1.82) is 0 Å². The topological polar surface area (TPSA) is 24.1 Å². The third kappa shape index (κ3) is 4.18. The van der Waals surface area contributed by atoms with Gasteiger partial charge in [0, 0.05) is 17.3 Å². The molecule has 0 saturated carbocycles. The van der Waals surface area contributed by atoms with E-state index in [1.54, 1.807) is 6.07 Å². The van der Waals surface area contributed by atoms with Crippen molar-refractivity contribution in [3.05, 3.63) is 63.4 Å². The monoisotopic (exact) mass is 336 g/mol. The second kappa shape index (κ2) is 7.07. The first-order valence-electron chi connectivity index (χ1n) is 6.93. The Bertz CT molecular complexity index is 716. The zero-order chi connectivity index (χ0) is 16.3. The van der Waals surface area contributed by atoms with E-state index in [0.29, 0.717) is 16.7 Å². The molecule has 0 amide bonds. The van der Waals surface area contributed by atoms with Crippen molar-refractivity contribution in [2.45, 2.75) is 27.3 Å². The fourth-order valence-corrected chi connectivity index (χ4v) is 2.52. The summed E-state index contributed by atoms with van der Waals surface area (Å²) in [7, 11) is 0. The SMILES string of the molecule is Cc1cc(C)c(NC(=S)NCc2ccc(F)cc2Cl)cc1C. The summed E-state index contributed by atoms with van der Waals surface area (Å²) < 4.78 is 13.0. The van der Waals surface area contributed by atoms with Crippen molar-refractivity contribution in [2.75, 3.05) is 5.32 Å². The minimum atomic E-state index is -0.347. The molecule has 2 nitrogen and oxygen atoms in total. The number of benzene rings is 2. The Hall–Kier alpha value is -1.65. The van der Waals surface area contributed by atoms with E-state index in [4.69, 9.17) is 23.8 Å². The van der Waals surface area contributed by atoms with Gasteiger partial charge in [-0.15, -0.1) is 0 Å². The maximum atomic E-state index is 13.0. The van der Waals surface area contributed by atoms with Gasteiger partial charge in [-0.1, -0.05) is 23.7 Å². The predicted molar refractivity (Wildman–Crippen MR) is 95.1 cm³/mol. The Balaban J connectivity index is 2.00. The molecule has 0 aliphatic carbocycles. The highest BCUT2D eigenvalue weighted by molar-refractivity contribution is 7.80. The van der Waals surface area contributed by atoms with Crippen LogP contribution in [0.25, 0.3) is 0 Å². The fraction of sp³-hybridized carbons (Fsp3) is 0.235. The highest BCUT2D eigenvalue weighted by Gasteiger charge is 2.06. The average Bonchev–Trinajstić information content (AvgIpc) is 2.44. The van der Waals surface area contributed by atoms with Gasteiger partial charge < -0.3 is 10.6 Å². The quantitative estimate of drug-likeness (QED) is 0.780. The van der Waals surface area contributed by atoms with Gasteiger partial charge in [-0.3, -0.25) is 0 Å². The van der Waals surface area contributed by atoms with Crippen LogP contribution in [0.2, 0.25) is 5.02 Å². The van der Waals surface area contributed by atoms with E-state index in [9.17, 15) is 4.39 Å². The van der Waals surface area contributed by atoms with Crippen molar-refractivity contribution >= 4 is 34.6 Å². The molecule has 0 fully saturated rings. The molecule has 2 rings (SSSR count). The molecular weight excluding hydrogens is 319 g/mol. The van der Waals surface area contributed by atoms with E-state index >= 15 is 0 Å². The van der Waals surface area contributed by atoms with E-state index in [-0.39, 0.29) is 5.82 Å². The molecule has 0 spiro atoms. The van der Waals surface area contributed by atoms with E-state index in [1.165, 1.54) is 23.3 Å². The van der Waals surface area contributed by atoms with Crippen LogP contribution in [0.4, 0.5) is 10.1 Å². The number of rotatable bonds is 3. The lowest BCUT2D eigenvalue weighted by Gasteiger charge is -2.15. The second-order valence-corrected chi connectivity index (χ2v) is 6.11. The minimum Gasteiger partial charge on any atom is -0.358 e. The first-order valence-corrected chi connectivity index (χ1v) is 7.72.